The largest absolute Gasteiger partial charge is 0.341 e. The molecule has 6 nitrogen and oxygen atoms in total. The van der Waals surface area contributed by atoms with Crippen molar-refractivity contribution >= 4 is 23.0 Å². The lowest BCUT2D eigenvalue weighted by atomic mass is 9.87. The third kappa shape index (κ3) is 5.61. The predicted octanol–water partition coefficient (Wildman–Crippen LogP) is 2.67. The molecule has 1 saturated carbocycles. The number of urea groups is 1. The predicted molar refractivity (Wildman–Crippen MR) is 92.8 cm³/mol. The molecule has 8 heteroatoms. The van der Waals surface area contributed by atoms with E-state index in [9.17, 15) is 18.2 Å². The average Bonchev–Trinajstić information content (AvgIpc) is 3.07. The molecule has 0 spiro atoms. The van der Waals surface area contributed by atoms with Gasteiger partial charge in [-0.25, -0.2) is 13.4 Å². The van der Waals surface area contributed by atoms with Crippen molar-refractivity contribution in [3.8, 4) is 0 Å². The van der Waals surface area contributed by atoms with Crippen molar-refractivity contribution in [1.29, 1.82) is 0 Å². The Morgan fingerprint density at radius 2 is 2.04 bits per heavy atom. The van der Waals surface area contributed by atoms with E-state index >= 15 is 0 Å². The fourth-order valence-corrected chi connectivity index (χ4v) is 3.77. The molecule has 2 unspecified atom stereocenters. The van der Waals surface area contributed by atoms with Crippen molar-refractivity contribution in [2.75, 3.05) is 7.05 Å². The highest BCUT2D eigenvalue weighted by Crippen LogP contribution is 2.34. The third-order valence-electron chi connectivity index (χ3n) is 4.58. The number of hydrogen-bond donors (Lipinski definition) is 3. The summed E-state index contributed by atoms with van der Waals surface area (Å²) in [5.74, 6) is -1.66. The maximum absolute atomic E-state index is 14.2. The van der Waals surface area contributed by atoms with Gasteiger partial charge >= 0.3 is 6.03 Å². The minimum Gasteiger partial charge on any atom is -0.341 e. The van der Waals surface area contributed by atoms with E-state index in [1.54, 1.807) is 6.07 Å². The Morgan fingerprint density at radius 1 is 1.36 bits per heavy atom. The Bertz CT molecular complexity index is 662. The molecule has 1 aliphatic rings. The van der Waals surface area contributed by atoms with Crippen LogP contribution in [0.25, 0.3) is 0 Å². The Morgan fingerprint density at radius 3 is 2.60 bits per heavy atom. The number of rotatable bonds is 6. The van der Waals surface area contributed by atoms with Crippen LogP contribution in [0.5, 0.6) is 0 Å². The summed E-state index contributed by atoms with van der Waals surface area (Å²) < 4.78 is 34.0. The smallest absolute Gasteiger partial charge is 0.321 e. The molecule has 0 radical (unpaired) electrons. The number of halogens is 1. The zero-order chi connectivity index (χ0) is 18.4. The van der Waals surface area contributed by atoms with Crippen molar-refractivity contribution in [2.45, 2.75) is 43.8 Å². The molecule has 0 bridgehead atoms. The lowest BCUT2D eigenvalue weighted by Crippen LogP contribution is -2.40. The first-order valence-corrected chi connectivity index (χ1v) is 9.56. The first-order valence-electron chi connectivity index (χ1n) is 8.29. The molecular formula is C17H23FN2O4S. The summed E-state index contributed by atoms with van der Waals surface area (Å²) in [4.78, 5) is 24.0. The number of imide groups is 1. The van der Waals surface area contributed by atoms with Gasteiger partial charge in [0.1, 0.15) is 5.82 Å². The van der Waals surface area contributed by atoms with Gasteiger partial charge in [0.2, 0.25) is 5.91 Å². The highest BCUT2D eigenvalue weighted by atomic mass is 32.2. The zero-order valence-corrected chi connectivity index (χ0v) is 14.9. The monoisotopic (exact) mass is 370 g/mol. The quantitative estimate of drug-likeness (QED) is 0.671. The number of hydrogen-bond acceptors (Lipinski definition) is 3. The van der Waals surface area contributed by atoms with Gasteiger partial charge in [0, 0.05) is 12.6 Å². The number of nitrogens with one attached hydrogen (secondary N) is 2. The van der Waals surface area contributed by atoms with Gasteiger partial charge in [-0.2, -0.15) is 0 Å². The van der Waals surface area contributed by atoms with Crippen molar-refractivity contribution in [1.82, 2.24) is 10.6 Å². The Balaban J connectivity index is 2.23. The van der Waals surface area contributed by atoms with Crippen LogP contribution in [0.3, 0.4) is 0 Å². The van der Waals surface area contributed by atoms with E-state index < -0.39 is 34.8 Å². The van der Waals surface area contributed by atoms with E-state index in [-0.39, 0.29) is 11.3 Å². The Kier molecular flexibility index (Phi) is 7.07. The molecule has 1 fully saturated rings. The van der Waals surface area contributed by atoms with Gasteiger partial charge in [0.15, 0.2) is 11.1 Å². The molecule has 0 aromatic heterocycles. The molecule has 0 heterocycles. The van der Waals surface area contributed by atoms with Gasteiger partial charge < -0.3 is 9.87 Å². The minimum atomic E-state index is -2.14. The van der Waals surface area contributed by atoms with Crippen LogP contribution in [0.2, 0.25) is 0 Å². The van der Waals surface area contributed by atoms with Crippen molar-refractivity contribution in [3.05, 3.63) is 35.1 Å². The SMILES string of the molecule is CNC(=O)NC(=O)C(CC1CCCC1)c1ccc(CS(=O)O)c(F)c1. The van der Waals surface area contributed by atoms with Crippen LogP contribution in [0, 0.1) is 11.7 Å². The van der Waals surface area contributed by atoms with E-state index in [2.05, 4.69) is 10.6 Å². The molecule has 3 N–H and O–H groups in total. The number of amides is 3. The molecule has 1 aliphatic carbocycles. The van der Waals surface area contributed by atoms with Gasteiger partial charge in [-0.1, -0.05) is 37.8 Å². The van der Waals surface area contributed by atoms with Crippen LogP contribution in [0.4, 0.5) is 9.18 Å². The van der Waals surface area contributed by atoms with Gasteiger partial charge in [-0.15, -0.1) is 0 Å². The van der Waals surface area contributed by atoms with E-state index in [0.29, 0.717) is 17.9 Å². The summed E-state index contributed by atoms with van der Waals surface area (Å²) >= 11 is -2.14. The van der Waals surface area contributed by atoms with Gasteiger partial charge in [0.25, 0.3) is 0 Å². The summed E-state index contributed by atoms with van der Waals surface area (Å²) in [6.45, 7) is 0. The molecule has 3 amide bonds. The number of carbonyl (C=O) groups is 2. The van der Waals surface area contributed by atoms with Gasteiger partial charge in [0.05, 0.1) is 11.7 Å². The van der Waals surface area contributed by atoms with Gasteiger partial charge in [-0.3, -0.25) is 10.1 Å². The van der Waals surface area contributed by atoms with E-state index in [1.165, 1.54) is 19.2 Å². The molecule has 0 aliphatic heterocycles. The summed E-state index contributed by atoms with van der Waals surface area (Å²) in [6, 6.07) is 3.64. The molecule has 25 heavy (non-hydrogen) atoms. The van der Waals surface area contributed by atoms with E-state index in [0.717, 1.165) is 25.7 Å². The second kappa shape index (κ2) is 9.05. The van der Waals surface area contributed by atoms with Crippen LogP contribution in [-0.4, -0.2) is 27.7 Å². The van der Waals surface area contributed by atoms with Crippen LogP contribution >= 0.6 is 0 Å². The minimum absolute atomic E-state index is 0.121. The molecule has 0 saturated heterocycles. The number of carbonyl (C=O) groups excluding carboxylic acids is 2. The summed E-state index contributed by atoms with van der Waals surface area (Å²) in [6.07, 6.45) is 4.82. The van der Waals surface area contributed by atoms with Crippen molar-refractivity contribution in [2.24, 2.45) is 5.92 Å². The van der Waals surface area contributed by atoms with Crippen molar-refractivity contribution < 1.29 is 22.7 Å². The summed E-state index contributed by atoms with van der Waals surface area (Å²) in [5.41, 5.74) is 0.592. The molecular weight excluding hydrogens is 347 g/mol. The van der Waals surface area contributed by atoms with Crippen LogP contribution in [0.15, 0.2) is 18.2 Å². The summed E-state index contributed by atoms with van der Waals surface area (Å²) in [5, 5.41) is 4.60. The second-order valence-corrected chi connectivity index (χ2v) is 7.26. The second-order valence-electron chi connectivity index (χ2n) is 6.32. The maximum Gasteiger partial charge on any atom is 0.321 e. The maximum atomic E-state index is 14.2. The lowest BCUT2D eigenvalue weighted by molar-refractivity contribution is -0.121. The van der Waals surface area contributed by atoms with E-state index in [1.807, 2.05) is 0 Å². The Labute approximate surface area is 148 Å². The highest BCUT2D eigenvalue weighted by molar-refractivity contribution is 7.78. The van der Waals surface area contributed by atoms with E-state index in [4.69, 9.17) is 4.55 Å². The molecule has 1 aromatic rings. The van der Waals surface area contributed by atoms with Crippen LogP contribution in [-0.2, 0) is 21.6 Å². The molecule has 2 rings (SSSR count). The molecule has 138 valence electrons. The zero-order valence-electron chi connectivity index (χ0n) is 14.1. The Hall–Kier alpha value is -1.80. The lowest BCUT2D eigenvalue weighted by Gasteiger charge is -2.20. The first-order chi connectivity index (χ1) is 11.9. The summed E-state index contributed by atoms with van der Waals surface area (Å²) in [7, 11) is 1.41. The van der Waals surface area contributed by atoms with Gasteiger partial charge in [-0.05, 0) is 24.0 Å². The molecule has 1 aromatic carbocycles. The number of benzene rings is 1. The third-order valence-corrected chi connectivity index (χ3v) is 5.14. The molecule has 2 atom stereocenters. The van der Waals surface area contributed by atoms with Crippen molar-refractivity contribution in [3.63, 3.8) is 0 Å². The van der Waals surface area contributed by atoms with Crippen LogP contribution < -0.4 is 10.6 Å². The van der Waals surface area contributed by atoms with Crippen LogP contribution in [0.1, 0.15) is 49.1 Å². The highest BCUT2D eigenvalue weighted by Gasteiger charge is 2.28. The fraction of sp³-hybridized carbons (Fsp3) is 0.529. The standard InChI is InChI=1S/C17H23FN2O4S/c1-19-17(22)20-16(21)14(8-11-4-2-3-5-11)12-6-7-13(10-25(23)24)15(18)9-12/h6-7,9,11,14H,2-5,8,10H2,1H3,(H,23,24)(H2,19,20,21,22). The average molecular weight is 370 g/mol. The first kappa shape index (κ1) is 19.5. The fourth-order valence-electron chi connectivity index (χ4n) is 3.27. The topological polar surface area (TPSA) is 95.5 Å². The normalized spacial score (nSPS) is 17.1.